The van der Waals surface area contributed by atoms with Crippen LogP contribution in [-0.2, 0) is 31.4 Å². The van der Waals surface area contributed by atoms with Gasteiger partial charge in [-0.15, -0.1) is 0 Å². The number of carbonyl (C=O) groups excluding carboxylic acids is 1. The molecule has 0 atom stereocenters. The van der Waals surface area contributed by atoms with E-state index >= 15 is 0 Å². The van der Waals surface area contributed by atoms with E-state index in [-0.39, 0.29) is 6.54 Å². The maximum absolute atomic E-state index is 12.7. The molecule has 1 amide bonds. The summed E-state index contributed by atoms with van der Waals surface area (Å²) in [5.74, 6) is -0.0327. The molecule has 0 aliphatic rings. The predicted molar refractivity (Wildman–Crippen MR) is 124 cm³/mol. The quantitative estimate of drug-likeness (QED) is 0.467. The summed E-state index contributed by atoms with van der Waals surface area (Å²) in [5.41, 5.74) is 1.78. The highest BCUT2D eigenvalue weighted by molar-refractivity contribution is 6.31. The van der Waals surface area contributed by atoms with Crippen molar-refractivity contribution in [2.24, 2.45) is 7.05 Å². The number of rotatable bonds is 7. The molecule has 2 aromatic heterocycles. The third kappa shape index (κ3) is 4.65. The minimum atomic E-state index is -0.559. The molecule has 2 aromatic carbocycles. The Morgan fingerprint density at radius 1 is 1.09 bits per heavy atom. The van der Waals surface area contributed by atoms with E-state index in [1.54, 1.807) is 12.1 Å². The number of carbonyl (C=O) groups is 1. The van der Waals surface area contributed by atoms with Crippen molar-refractivity contribution in [1.82, 2.24) is 18.7 Å². The first-order valence-electron chi connectivity index (χ1n) is 10.2. The van der Waals surface area contributed by atoms with Gasteiger partial charge in [0.05, 0.1) is 11.0 Å². The Balaban J connectivity index is 1.56. The van der Waals surface area contributed by atoms with Crippen LogP contribution in [-0.4, -0.2) is 24.6 Å². The van der Waals surface area contributed by atoms with Crippen LogP contribution in [0.2, 0.25) is 5.02 Å². The average Bonchev–Trinajstić information content (AvgIpc) is 3.10. The molecule has 8 nitrogen and oxygen atoms in total. The Morgan fingerprint density at radius 2 is 1.88 bits per heavy atom. The van der Waals surface area contributed by atoms with Crippen molar-refractivity contribution in [2.75, 3.05) is 5.32 Å². The van der Waals surface area contributed by atoms with Crippen LogP contribution in [0.5, 0.6) is 0 Å². The van der Waals surface area contributed by atoms with Crippen molar-refractivity contribution in [2.45, 2.75) is 25.9 Å². The number of aromatic nitrogens is 4. The van der Waals surface area contributed by atoms with Gasteiger partial charge in [-0.3, -0.25) is 24.0 Å². The fourth-order valence-corrected chi connectivity index (χ4v) is 3.73. The molecule has 1 N–H and O–H groups in total. The van der Waals surface area contributed by atoms with E-state index in [0.29, 0.717) is 23.0 Å². The molecule has 2 heterocycles. The van der Waals surface area contributed by atoms with Crippen LogP contribution in [0.15, 0.2) is 70.4 Å². The monoisotopic (exact) mass is 451 g/mol. The van der Waals surface area contributed by atoms with Crippen molar-refractivity contribution in [3.63, 3.8) is 0 Å². The Labute approximate surface area is 188 Å². The minimum absolute atomic E-state index is 0.235. The molecule has 0 fully saturated rings. The van der Waals surface area contributed by atoms with E-state index in [4.69, 9.17) is 11.6 Å². The minimum Gasteiger partial charge on any atom is -0.310 e. The molecule has 9 heteroatoms. The van der Waals surface area contributed by atoms with Gasteiger partial charge in [0.1, 0.15) is 6.54 Å². The maximum Gasteiger partial charge on any atom is 0.331 e. The summed E-state index contributed by atoms with van der Waals surface area (Å²) in [5, 5.41) is 3.36. The number of benzene rings is 2. The molecule has 164 valence electrons. The van der Waals surface area contributed by atoms with E-state index in [1.807, 2.05) is 28.8 Å². The summed E-state index contributed by atoms with van der Waals surface area (Å²) in [7, 11) is 1.37. The summed E-state index contributed by atoms with van der Waals surface area (Å²) >= 11 is 6.12. The first-order chi connectivity index (χ1) is 15.4. The highest BCUT2D eigenvalue weighted by atomic mass is 35.5. The zero-order valence-corrected chi connectivity index (χ0v) is 18.2. The summed E-state index contributed by atoms with van der Waals surface area (Å²) in [6.07, 6.45) is 3.04. The summed E-state index contributed by atoms with van der Waals surface area (Å²) < 4.78 is 4.07. The number of anilines is 1. The van der Waals surface area contributed by atoms with Crippen molar-refractivity contribution < 1.29 is 4.79 Å². The lowest BCUT2D eigenvalue weighted by atomic mass is 10.1. The van der Waals surface area contributed by atoms with Crippen molar-refractivity contribution in [3.8, 4) is 0 Å². The molecule has 0 radical (unpaired) electrons. The number of nitrogens with one attached hydrogen (secondary N) is 1. The largest absolute Gasteiger partial charge is 0.331 e. The van der Waals surface area contributed by atoms with Gasteiger partial charge in [0.25, 0.3) is 5.56 Å². The van der Waals surface area contributed by atoms with Gasteiger partial charge < -0.3 is 4.57 Å². The first-order valence-corrected chi connectivity index (χ1v) is 10.6. The molecular formula is C23H22ClN5O3. The zero-order chi connectivity index (χ0) is 22.7. The van der Waals surface area contributed by atoms with Crippen LogP contribution in [0, 0.1) is 0 Å². The summed E-state index contributed by atoms with van der Waals surface area (Å²) in [4.78, 5) is 41.0. The number of nitrogens with zero attached hydrogens (tertiary/aromatic N) is 4. The van der Waals surface area contributed by atoms with E-state index in [0.717, 1.165) is 22.9 Å². The number of amides is 1. The molecule has 0 spiro atoms. The summed E-state index contributed by atoms with van der Waals surface area (Å²) in [6.45, 7) is 0.406. The number of hydrogen-bond donors (Lipinski definition) is 1. The second kappa shape index (κ2) is 9.23. The van der Waals surface area contributed by atoms with Gasteiger partial charge in [0.2, 0.25) is 11.9 Å². The van der Waals surface area contributed by atoms with Crippen LogP contribution in [0.4, 0.5) is 5.95 Å². The number of fused-ring (bicyclic) bond motifs is 1. The van der Waals surface area contributed by atoms with Gasteiger partial charge in [-0.1, -0.05) is 41.9 Å². The van der Waals surface area contributed by atoms with E-state index in [1.165, 1.54) is 29.4 Å². The van der Waals surface area contributed by atoms with Crippen LogP contribution < -0.4 is 16.6 Å². The van der Waals surface area contributed by atoms with Gasteiger partial charge >= 0.3 is 5.69 Å². The second-order valence-electron chi connectivity index (χ2n) is 7.48. The van der Waals surface area contributed by atoms with Crippen LogP contribution >= 0.6 is 11.6 Å². The highest BCUT2D eigenvalue weighted by Crippen LogP contribution is 2.24. The Kier molecular flexibility index (Phi) is 6.23. The number of imidazole rings is 1. The molecule has 0 aliphatic carbocycles. The summed E-state index contributed by atoms with van der Waals surface area (Å²) in [6, 6.07) is 16.8. The van der Waals surface area contributed by atoms with E-state index in [9.17, 15) is 14.4 Å². The molecule has 0 unspecified atom stereocenters. The van der Waals surface area contributed by atoms with Crippen molar-refractivity contribution in [3.05, 3.63) is 92.2 Å². The number of hydrogen-bond acceptors (Lipinski definition) is 4. The molecule has 0 bridgehead atoms. The molecule has 0 saturated carbocycles. The highest BCUT2D eigenvalue weighted by Gasteiger charge is 2.15. The van der Waals surface area contributed by atoms with E-state index in [2.05, 4.69) is 22.4 Å². The smallest absolute Gasteiger partial charge is 0.310 e. The third-order valence-corrected chi connectivity index (χ3v) is 5.46. The second-order valence-corrected chi connectivity index (χ2v) is 7.92. The SMILES string of the molecule is Cn1c(=O)ccn(CC(=O)Nc2nc3cc(Cl)ccc3n2CCCc2ccccc2)c1=O. The van der Waals surface area contributed by atoms with Crippen LogP contribution in [0.1, 0.15) is 12.0 Å². The Bertz CT molecular complexity index is 1390. The van der Waals surface area contributed by atoms with Gasteiger partial charge in [0, 0.05) is 30.9 Å². The number of halogens is 1. The lowest BCUT2D eigenvalue weighted by molar-refractivity contribution is -0.116. The van der Waals surface area contributed by atoms with Crippen LogP contribution in [0.3, 0.4) is 0 Å². The van der Waals surface area contributed by atoms with Gasteiger partial charge in [-0.05, 0) is 36.6 Å². The van der Waals surface area contributed by atoms with Crippen LogP contribution in [0.25, 0.3) is 11.0 Å². The molecule has 4 aromatic rings. The topological polar surface area (TPSA) is 90.9 Å². The zero-order valence-electron chi connectivity index (χ0n) is 17.5. The van der Waals surface area contributed by atoms with Crippen molar-refractivity contribution in [1.29, 1.82) is 0 Å². The maximum atomic E-state index is 12.7. The van der Waals surface area contributed by atoms with Gasteiger partial charge in [-0.2, -0.15) is 0 Å². The average molecular weight is 452 g/mol. The molecular weight excluding hydrogens is 430 g/mol. The van der Waals surface area contributed by atoms with E-state index < -0.39 is 17.2 Å². The fraction of sp³-hybridized carbons (Fsp3) is 0.217. The predicted octanol–water partition coefficient (Wildman–Crippen LogP) is 2.82. The van der Waals surface area contributed by atoms with Gasteiger partial charge in [0.15, 0.2) is 0 Å². The molecule has 4 rings (SSSR count). The number of aryl methyl sites for hydroxylation is 2. The third-order valence-electron chi connectivity index (χ3n) is 5.23. The normalized spacial score (nSPS) is 11.1. The molecule has 0 aliphatic heterocycles. The standard InChI is InChI=1S/C23H22ClN5O3/c1-27-21(31)11-13-28(23(27)32)15-20(30)26-22-25-18-14-17(24)9-10-19(18)29(22)12-5-8-16-6-3-2-4-7-16/h2-4,6-7,9-11,13-14H,5,8,12,15H2,1H3,(H,25,26,30). The lowest BCUT2D eigenvalue weighted by Gasteiger charge is -2.11. The Morgan fingerprint density at radius 3 is 2.66 bits per heavy atom. The Hall–Kier alpha value is -3.65. The fourth-order valence-electron chi connectivity index (χ4n) is 3.57. The lowest BCUT2D eigenvalue weighted by Crippen LogP contribution is -2.39. The first kappa shape index (κ1) is 21.6. The molecule has 32 heavy (non-hydrogen) atoms. The van der Waals surface area contributed by atoms with Gasteiger partial charge in [-0.25, -0.2) is 9.78 Å². The van der Waals surface area contributed by atoms with Crippen molar-refractivity contribution >= 4 is 34.5 Å². The molecule has 0 saturated heterocycles.